The van der Waals surface area contributed by atoms with Gasteiger partial charge in [-0.15, -0.1) is 0 Å². The lowest BCUT2D eigenvalue weighted by molar-refractivity contribution is -0.114. The second-order valence-corrected chi connectivity index (χ2v) is 6.65. The predicted molar refractivity (Wildman–Crippen MR) is 88.8 cm³/mol. The van der Waals surface area contributed by atoms with Gasteiger partial charge < -0.3 is 4.74 Å². The number of benzene rings is 2. The van der Waals surface area contributed by atoms with Gasteiger partial charge in [-0.2, -0.15) is 0 Å². The van der Waals surface area contributed by atoms with Gasteiger partial charge in [-0.1, -0.05) is 23.7 Å². The number of ether oxygens (including phenoxy) is 1. The van der Waals surface area contributed by atoms with E-state index in [1.165, 1.54) is 30.3 Å². The molecule has 5 nitrogen and oxygen atoms in total. The fourth-order valence-corrected chi connectivity index (χ4v) is 2.80. The number of nitrogens with one attached hydrogen (secondary N) is 1. The first kappa shape index (κ1) is 17.1. The zero-order valence-corrected chi connectivity index (χ0v) is 13.8. The Morgan fingerprint density at radius 1 is 1.09 bits per heavy atom. The van der Waals surface area contributed by atoms with Gasteiger partial charge in [0.1, 0.15) is 5.75 Å². The van der Waals surface area contributed by atoms with Crippen LogP contribution in [0.1, 0.15) is 5.56 Å². The minimum absolute atomic E-state index is 0.0342. The second kappa shape index (κ2) is 7.30. The van der Waals surface area contributed by atoms with Gasteiger partial charge in [0.25, 0.3) is 15.9 Å². The van der Waals surface area contributed by atoms with Crippen LogP contribution in [0.3, 0.4) is 0 Å². The first-order chi connectivity index (χ1) is 10.9. The highest BCUT2D eigenvalue weighted by Gasteiger charge is 2.15. The first-order valence-electron chi connectivity index (χ1n) is 6.55. The van der Waals surface area contributed by atoms with Gasteiger partial charge in [0.2, 0.25) is 0 Å². The average molecular weight is 352 g/mol. The molecule has 0 aliphatic heterocycles. The quantitative estimate of drug-likeness (QED) is 0.841. The minimum Gasteiger partial charge on any atom is -0.497 e. The van der Waals surface area contributed by atoms with Crippen molar-refractivity contribution in [1.82, 2.24) is 4.72 Å². The topological polar surface area (TPSA) is 72.5 Å². The maximum Gasteiger partial charge on any atom is 0.264 e. The third-order valence-corrected chi connectivity index (χ3v) is 4.52. The highest BCUT2D eigenvalue weighted by molar-refractivity contribution is 7.90. The zero-order chi connectivity index (χ0) is 16.9. The molecule has 0 saturated heterocycles. The van der Waals surface area contributed by atoms with Crippen molar-refractivity contribution in [3.8, 4) is 5.75 Å². The lowest BCUT2D eigenvalue weighted by atomic mass is 10.2. The summed E-state index contributed by atoms with van der Waals surface area (Å²) in [4.78, 5) is 11.7. The number of halogens is 1. The highest BCUT2D eigenvalue weighted by atomic mass is 35.5. The third kappa shape index (κ3) is 4.84. The number of methoxy groups -OCH3 is 1. The number of hydrogen-bond donors (Lipinski definition) is 1. The number of carbonyl (C=O) groups excluding carboxylic acids is 1. The summed E-state index contributed by atoms with van der Waals surface area (Å²) in [5.41, 5.74) is 0.741. The molecule has 0 saturated carbocycles. The van der Waals surface area contributed by atoms with Crippen LogP contribution >= 0.6 is 11.6 Å². The first-order valence-corrected chi connectivity index (χ1v) is 8.41. The van der Waals surface area contributed by atoms with Gasteiger partial charge in [0.05, 0.1) is 12.0 Å². The van der Waals surface area contributed by atoms with Gasteiger partial charge >= 0.3 is 0 Å². The predicted octanol–water partition coefficient (Wildman–Crippen LogP) is 2.87. The molecule has 0 unspecified atom stereocenters. The largest absolute Gasteiger partial charge is 0.497 e. The van der Waals surface area contributed by atoms with Crippen molar-refractivity contribution in [2.75, 3.05) is 7.11 Å². The Hall–Kier alpha value is -2.31. The highest BCUT2D eigenvalue weighted by Crippen LogP contribution is 2.14. The number of rotatable bonds is 5. The van der Waals surface area contributed by atoms with Gasteiger partial charge in [0, 0.05) is 11.1 Å². The van der Waals surface area contributed by atoms with Crippen LogP contribution in [0.15, 0.2) is 59.5 Å². The van der Waals surface area contributed by atoms with Crippen LogP contribution in [0, 0.1) is 0 Å². The molecule has 0 aliphatic rings. The van der Waals surface area contributed by atoms with E-state index in [2.05, 4.69) is 0 Å². The van der Waals surface area contributed by atoms with E-state index in [0.29, 0.717) is 10.8 Å². The molecule has 0 atom stereocenters. The van der Waals surface area contributed by atoms with Crippen LogP contribution in [0.2, 0.25) is 5.02 Å². The van der Waals surface area contributed by atoms with Crippen molar-refractivity contribution >= 4 is 33.6 Å². The van der Waals surface area contributed by atoms with Crippen LogP contribution in [0.4, 0.5) is 0 Å². The Kier molecular flexibility index (Phi) is 5.41. The van der Waals surface area contributed by atoms with E-state index in [-0.39, 0.29) is 4.90 Å². The van der Waals surface area contributed by atoms with Crippen LogP contribution in [0.25, 0.3) is 6.08 Å². The van der Waals surface area contributed by atoms with E-state index >= 15 is 0 Å². The van der Waals surface area contributed by atoms with Crippen molar-refractivity contribution in [2.24, 2.45) is 0 Å². The molecule has 1 N–H and O–H groups in total. The zero-order valence-electron chi connectivity index (χ0n) is 12.2. The summed E-state index contributed by atoms with van der Waals surface area (Å²) in [6.45, 7) is 0. The maximum absolute atomic E-state index is 12.0. The van der Waals surface area contributed by atoms with Crippen molar-refractivity contribution in [3.63, 3.8) is 0 Å². The Balaban J connectivity index is 2.05. The molecule has 2 aromatic carbocycles. The summed E-state index contributed by atoms with van der Waals surface area (Å²) in [6, 6.07) is 12.5. The number of sulfonamides is 1. The van der Waals surface area contributed by atoms with E-state index in [0.717, 1.165) is 11.6 Å². The summed E-state index contributed by atoms with van der Waals surface area (Å²) in [6.07, 6.45) is 2.65. The van der Waals surface area contributed by atoms with Crippen LogP contribution in [-0.2, 0) is 14.8 Å². The summed E-state index contributed by atoms with van der Waals surface area (Å²) in [7, 11) is -2.37. The smallest absolute Gasteiger partial charge is 0.264 e. The summed E-state index contributed by atoms with van der Waals surface area (Å²) in [5, 5.41) is 0.412. The van der Waals surface area contributed by atoms with Crippen molar-refractivity contribution < 1.29 is 17.9 Å². The molecular formula is C16H14ClNO4S. The Bertz CT molecular complexity index is 812. The third-order valence-electron chi connectivity index (χ3n) is 2.90. The normalized spacial score (nSPS) is 11.4. The van der Waals surface area contributed by atoms with Crippen molar-refractivity contribution in [1.29, 1.82) is 0 Å². The lowest BCUT2D eigenvalue weighted by Crippen LogP contribution is -2.28. The molecule has 0 bridgehead atoms. The molecule has 0 spiro atoms. The molecule has 0 heterocycles. The van der Waals surface area contributed by atoms with E-state index in [4.69, 9.17) is 16.3 Å². The maximum atomic E-state index is 12.0. The van der Waals surface area contributed by atoms with Crippen molar-refractivity contribution in [2.45, 2.75) is 4.90 Å². The van der Waals surface area contributed by atoms with Crippen LogP contribution in [0.5, 0.6) is 5.75 Å². The van der Waals surface area contributed by atoms with E-state index in [1.807, 2.05) is 4.72 Å². The van der Waals surface area contributed by atoms with Crippen molar-refractivity contribution in [3.05, 3.63) is 65.2 Å². The van der Waals surface area contributed by atoms with Gasteiger partial charge in [-0.3, -0.25) is 4.79 Å². The SMILES string of the molecule is COc1ccc(/C=C/C(=O)NS(=O)(=O)c2ccc(Cl)cc2)cc1. The van der Waals surface area contributed by atoms with Crippen LogP contribution in [-0.4, -0.2) is 21.4 Å². The van der Waals surface area contributed by atoms with E-state index in [9.17, 15) is 13.2 Å². The molecular weight excluding hydrogens is 338 g/mol. The molecule has 2 aromatic rings. The fraction of sp³-hybridized carbons (Fsp3) is 0.0625. The Morgan fingerprint density at radius 2 is 1.70 bits per heavy atom. The Labute approximate surface area is 139 Å². The number of carbonyl (C=O) groups is 1. The van der Waals surface area contributed by atoms with E-state index < -0.39 is 15.9 Å². The van der Waals surface area contributed by atoms with Gasteiger partial charge in [-0.05, 0) is 48.0 Å². The molecule has 7 heteroatoms. The second-order valence-electron chi connectivity index (χ2n) is 4.53. The number of amides is 1. The summed E-state index contributed by atoms with van der Waals surface area (Å²) >= 11 is 5.70. The summed E-state index contributed by atoms with van der Waals surface area (Å²) in [5.74, 6) is -0.0484. The molecule has 0 aliphatic carbocycles. The Morgan fingerprint density at radius 3 is 2.26 bits per heavy atom. The van der Waals surface area contributed by atoms with Crippen LogP contribution < -0.4 is 9.46 Å². The molecule has 0 aromatic heterocycles. The fourth-order valence-electron chi connectivity index (χ4n) is 1.73. The van der Waals surface area contributed by atoms with Gasteiger partial charge in [0.15, 0.2) is 0 Å². The molecule has 2 rings (SSSR count). The summed E-state index contributed by atoms with van der Waals surface area (Å²) < 4.78 is 31.0. The minimum atomic E-state index is -3.92. The molecule has 0 fully saturated rings. The molecule has 120 valence electrons. The monoisotopic (exact) mass is 351 g/mol. The lowest BCUT2D eigenvalue weighted by Gasteiger charge is -2.04. The molecule has 23 heavy (non-hydrogen) atoms. The van der Waals surface area contributed by atoms with Gasteiger partial charge in [-0.25, -0.2) is 13.1 Å². The van der Waals surface area contributed by atoms with E-state index in [1.54, 1.807) is 31.4 Å². The molecule has 0 radical (unpaired) electrons. The standard InChI is InChI=1S/C16H14ClNO4S/c1-22-14-7-2-12(3-8-14)4-11-16(19)18-23(20,21)15-9-5-13(17)6-10-15/h2-11H,1H3,(H,18,19)/b11-4+. The number of hydrogen-bond acceptors (Lipinski definition) is 4. The average Bonchev–Trinajstić information content (AvgIpc) is 2.53. The molecule has 1 amide bonds.